The van der Waals surface area contributed by atoms with Gasteiger partial charge in [-0.15, -0.1) is 6.58 Å². The maximum atomic E-state index is 13.8. The number of esters is 1. The minimum atomic E-state index is -2.97. The molecule has 0 spiro atoms. The highest BCUT2D eigenvalue weighted by Crippen LogP contribution is 2.41. The highest BCUT2D eigenvalue weighted by atomic mass is 32.2. The Bertz CT molecular complexity index is 1860. The fourth-order valence-electron chi connectivity index (χ4n) is 7.06. The van der Waals surface area contributed by atoms with Gasteiger partial charge in [-0.25, -0.2) is 4.79 Å². The fraction of sp³-hybridized carbons (Fsp3) is 0.283. The number of carbonyl (C=O) groups is 1. The van der Waals surface area contributed by atoms with Gasteiger partial charge in [0.25, 0.3) is 8.32 Å². The van der Waals surface area contributed by atoms with Crippen molar-refractivity contribution in [1.82, 2.24) is 0 Å². The van der Waals surface area contributed by atoms with Crippen LogP contribution in [0.15, 0.2) is 163 Å². The molecule has 6 rings (SSSR count). The van der Waals surface area contributed by atoms with Crippen LogP contribution >= 0.6 is 11.8 Å². The summed E-state index contributed by atoms with van der Waals surface area (Å²) >= 11 is 1.50. The third-order valence-electron chi connectivity index (χ3n) is 9.69. The topological polar surface area (TPSA) is 63.2 Å². The molecule has 8 heteroatoms. The monoisotopic (exact) mass is 758 g/mol. The molecule has 5 aromatic carbocycles. The molecule has 1 aliphatic heterocycles. The van der Waals surface area contributed by atoms with Crippen LogP contribution < -0.4 is 10.4 Å². The van der Waals surface area contributed by atoms with Gasteiger partial charge in [-0.05, 0) is 52.2 Å². The van der Waals surface area contributed by atoms with Crippen LogP contribution in [0, 0.1) is 6.92 Å². The van der Waals surface area contributed by atoms with Crippen LogP contribution in [-0.2, 0) is 30.0 Å². The first-order valence-electron chi connectivity index (χ1n) is 18.5. The molecular weight excluding hydrogens is 709 g/mol. The van der Waals surface area contributed by atoms with Crippen LogP contribution in [0.25, 0.3) is 0 Å². The van der Waals surface area contributed by atoms with Crippen molar-refractivity contribution in [3.05, 3.63) is 175 Å². The molecule has 54 heavy (non-hydrogen) atoms. The van der Waals surface area contributed by atoms with E-state index in [1.165, 1.54) is 22.1 Å². The molecule has 1 saturated heterocycles. The Kier molecular flexibility index (Phi) is 13.4. The number of hydrogen-bond donors (Lipinski definition) is 0. The molecule has 6 nitrogen and oxygen atoms in total. The van der Waals surface area contributed by atoms with E-state index < -0.39 is 44.1 Å². The van der Waals surface area contributed by atoms with Gasteiger partial charge in [0.05, 0.1) is 25.4 Å². The van der Waals surface area contributed by atoms with Crippen molar-refractivity contribution in [2.24, 2.45) is 0 Å². The summed E-state index contributed by atoms with van der Waals surface area (Å²) in [6.45, 7) is 13.5. The Morgan fingerprint density at radius 3 is 1.85 bits per heavy atom. The van der Waals surface area contributed by atoms with Crippen LogP contribution in [0.3, 0.4) is 0 Å². The van der Waals surface area contributed by atoms with E-state index in [0.717, 1.165) is 16.0 Å². The molecule has 5 atom stereocenters. The van der Waals surface area contributed by atoms with Crippen molar-refractivity contribution in [2.75, 3.05) is 13.2 Å². The molecule has 0 amide bonds. The van der Waals surface area contributed by atoms with Crippen LogP contribution in [0.1, 0.15) is 42.3 Å². The van der Waals surface area contributed by atoms with Crippen molar-refractivity contribution in [1.29, 1.82) is 0 Å². The van der Waals surface area contributed by atoms with Gasteiger partial charge in [-0.1, -0.05) is 165 Å². The lowest BCUT2D eigenvalue weighted by Crippen LogP contribution is -2.68. The maximum absolute atomic E-state index is 13.8. The van der Waals surface area contributed by atoms with E-state index in [1.807, 2.05) is 60.7 Å². The standard InChI is InChI=1S/C46H50O6SSi/c1-6-31-48-42-41(49-32-35-19-11-7-12-20-35)40(33-50-54(46(3,4)5,38-23-15-9-16-24-38)39-25-17-10-18-26-39)51-45(53-37-29-27-34(2)28-30-37)43(42)52-44(47)36-21-13-8-14-22-36/h6-30,40-43,45H,1,31-33H2,2-5H3/t40-,41+,42+,43-,45+/m1/s1. The molecule has 280 valence electrons. The molecular formula is C46H50O6SSi. The molecule has 1 aliphatic rings. The predicted molar refractivity (Wildman–Crippen MR) is 220 cm³/mol. The molecule has 1 heterocycles. The first kappa shape index (κ1) is 39.4. The molecule has 0 radical (unpaired) electrons. The second-order valence-electron chi connectivity index (χ2n) is 14.5. The lowest BCUT2D eigenvalue weighted by atomic mass is 9.99. The first-order chi connectivity index (χ1) is 26.2. The van der Waals surface area contributed by atoms with Gasteiger partial charge in [0.1, 0.15) is 23.7 Å². The Balaban J connectivity index is 1.43. The minimum Gasteiger partial charge on any atom is -0.452 e. The van der Waals surface area contributed by atoms with Crippen molar-refractivity contribution < 1.29 is 28.2 Å². The third-order valence-corrected chi connectivity index (χ3v) is 15.9. The van der Waals surface area contributed by atoms with Gasteiger partial charge in [0, 0.05) is 4.90 Å². The second kappa shape index (κ2) is 18.4. The van der Waals surface area contributed by atoms with E-state index >= 15 is 0 Å². The highest BCUT2D eigenvalue weighted by Gasteiger charge is 2.54. The Morgan fingerprint density at radius 2 is 1.30 bits per heavy atom. The number of aryl methyl sites for hydroxylation is 1. The Labute approximate surface area is 325 Å². The van der Waals surface area contributed by atoms with Crippen molar-refractivity contribution in [3.8, 4) is 0 Å². The maximum Gasteiger partial charge on any atom is 0.338 e. The van der Waals surface area contributed by atoms with Crippen LogP contribution in [0.4, 0.5) is 0 Å². The SMILES string of the molecule is C=CCO[C@H]1[C@@H](OCc2ccccc2)[C@@H](CO[Si](c2ccccc2)(c2ccccc2)C(C)(C)C)O[C@@H](Sc2ccc(C)cc2)[C@@H]1OC(=O)c1ccccc1. The number of ether oxygens (including phenoxy) is 4. The summed E-state index contributed by atoms with van der Waals surface area (Å²) in [4.78, 5) is 14.8. The quantitative estimate of drug-likeness (QED) is 0.0601. The summed E-state index contributed by atoms with van der Waals surface area (Å²) in [6.07, 6.45) is -1.13. The summed E-state index contributed by atoms with van der Waals surface area (Å²) < 4.78 is 34.5. The lowest BCUT2D eigenvalue weighted by molar-refractivity contribution is -0.233. The first-order valence-corrected chi connectivity index (χ1v) is 21.3. The van der Waals surface area contributed by atoms with Crippen molar-refractivity contribution in [2.45, 2.75) is 74.1 Å². The average molecular weight is 759 g/mol. The van der Waals surface area contributed by atoms with Gasteiger partial charge < -0.3 is 23.4 Å². The molecule has 0 aliphatic carbocycles. The largest absolute Gasteiger partial charge is 0.452 e. The molecule has 0 N–H and O–H groups in total. The zero-order valence-corrected chi connectivity index (χ0v) is 33.3. The fourth-order valence-corrected chi connectivity index (χ4v) is 12.7. The normalized spacial score (nSPS) is 20.3. The van der Waals surface area contributed by atoms with E-state index in [9.17, 15) is 4.79 Å². The highest BCUT2D eigenvalue weighted by molar-refractivity contribution is 7.99. The van der Waals surface area contributed by atoms with Crippen LogP contribution in [-0.4, -0.2) is 57.4 Å². The summed E-state index contributed by atoms with van der Waals surface area (Å²) in [5, 5.41) is 2.08. The van der Waals surface area contributed by atoms with E-state index in [0.29, 0.717) is 12.2 Å². The zero-order valence-electron chi connectivity index (χ0n) is 31.5. The van der Waals surface area contributed by atoms with E-state index in [4.69, 9.17) is 23.4 Å². The third kappa shape index (κ3) is 9.32. The molecule has 1 fully saturated rings. The molecule has 5 aromatic rings. The number of benzene rings is 5. The Morgan fingerprint density at radius 1 is 0.741 bits per heavy atom. The number of hydrogen-bond acceptors (Lipinski definition) is 7. The smallest absolute Gasteiger partial charge is 0.338 e. The van der Waals surface area contributed by atoms with Gasteiger partial charge in [-0.2, -0.15) is 0 Å². The van der Waals surface area contributed by atoms with Gasteiger partial charge in [0.15, 0.2) is 6.10 Å². The van der Waals surface area contributed by atoms with Gasteiger partial charge >= 0.3 is 5.97 Å². The van der Waals surface area contributed by atoms with E-state index in [-0.39, 0.29) is 18.3 Å². The summed E-state index contributed by atoms with van der Waals surface area (Å²) in [6, 6.07) is 48.4. The second-order valence-corrected chi connectivity index (χ2v) is 20.0. The van der Waals surface area contributed by atoms with Gasteiger partial charge in [-0.3, -0.25) is 0 Å². The Hall–Kier alpha value is -4.28. The van der Waals surface area contributed by atoms with E-state index in [2.05, 4.69) is 107 Å². The zero-order chi connectivity index (χ0) is 38.0. The summed E-state index contributed by atoms with van der Waals surface area (Å²) in [7, 11) is -2.97. The number of rotatable bonds is 15. The molecule has 0 saturated carbocycles. The molecule has 0 aromatic heterocycles. The van der Waals surface area contributed by atoms with Crippen molar-refractivity contribution >= 4 is 36.4 Å². The minimum absolute atomic E-state index is 0.213. The molecule has 0 unspecified atom stereocenters. The van der Waals surface area contributed by atoms with Crippen LogP contribution in [0.2, 0.25) is 5.04 Å². The van der Waals surface area contributed by atoms with Crippen molar-refractivity contribution in [3.63, 3.8) is 0 Å². The van der Waals surface area contributed by atoms with Gasteiger partial charge in [0.2, 0.25) is 0 Å². The summed E-state index contributed by atoms with van der Waals surface area (Å²) in [5.41, 5.74) is 1.94. The lowest BCUT2D eigenvalue weighted by Gasteiger charge is -2.48. The van der Waals surface area contributed by atoms with E-state index in [1.54, 1.807) is 18.2 Å². The summed E-state index contributed by atoms with van der Waals surface area (Å²) in [5.74, 6) is -0.463. The predicted octanol–water partition coefficient (Wildman–Crippen LogP) is 8.77. The number of carbonyl (C=O) groups excluding carboxylic acids is 1. The average Bonchev–Trinajstić information content (AvgIpc) is 3.19. The molecule has 0 bridgehead atoms. The van der Waals surface area contributed by atoms with Crippen LogP contribution in [0.5, 0.6) is 0 Å². The number of thioether (sulfide) groups is 1.